The molecular formula is C7H8ClN3O3S. The van der Waals surface area contributed by atoms with Crippen LogP contribution in [0, 0.1) is 0 Å². The van der Waals surface area contributed by atoms with Gasteiger partial charge in [-0.3, -0.25) is 0 Å². The fourth-order valence-corrected chi connectivity index (χ4v) is 1.74. The number of rotatable bonds is 2. The Morgan fingerprint density at radius 3 is 2.40 bits per heavy atom. The zero-order chi connectivity index (χ0) is 11.6. The van der Waals surface area contributed by atoms with Gasteiger partial charge in [0.1, 0.15) is 0 Å². The first-order valence-corrected chi connectivity index (χ1v) is 5.62. The molecule has 0 heterocycles. The highest BCUT2D eigenvalue weighted by Crippen LogP contribution is 2.24. The summed E-state index contributed by atoms with van der Waals surface area (Å²) in [7, 11) is -3.80. The number of sulfonamides is 1. The molecule has 8 heteroatoms. The van der Waals surface area contributed by atoms with E-state index in [9.17, 15) is 13.2 Å². The minimum absolute atomic E-state index is 0.0420. The van der Waals surface area contributed by atoms with Crippen molar-refractivity contribution < 1.29 is 13.2 Å². The van der Waals surface area contributed by atoms with Gasteiger partial charge in [0.2, 0.25) is 10.0 Å². The zero-order valence-electron chi connectivity index (χ0n) is 7.40. The molecule has 0 bridgehead atoms. The van der Waals surface area contributed by atoms with E-state index in [0.29, 0.717) is 0 Å². The van der Waals surface area contributed by atoms with Gasteiger partial charge in [-0.15, -0.1) is 0 Å². The first-order valence-electron chi connectivity index (χ1n) is 3.69. The molecule has 15 heavy (non-hydrogen) atoms. The summed E-state index contributed by atoms with van der Waals surface area (Å²) in [5, 5.41) is 7.14. The lowest BCUT2D eigenvalue weighted by molar-refractivity contribution is 0.259. The van der Waals surface area contributed by atoms with E-state index in [4.69, 9.17) is 22.5 Å². The fraction of sp³-hybridized carbons (Fsp3) is 0. The van der Waals surface area contributed by atoms with Gasteiger partial charge >= 0.3 is 6.03 Å². The summed E-state index contributed by atoms with van der Waals surface area (Å²) in [5.74, 6) is 0. The summed E-state index contributed by atoms with van der Waals surface area (Å²) in [4.78, 5) is 10.4. The van der Waals surface area contributed by atoms with Crippen LogP contribution in [0.15, 0.2) is 23.1 Å². The van der Waals surface area contributed by atoms with Crippen LogP contribution < -0.4 is 16.2 Å². The number of nitrogens with one attached hydrogen (secondary N) is 1. The van der Waals surface area contributed by atoms with Gasteiger partial charge in [0.05, 0.1) is 15.6 Å². The number of carbonyl (C=O) groups is 1. The minimum Gasteiger partial charge on any atom is -0.351 e. The summed E-state index contributed by atoms with van der Waals surface area (Å²) < 4.78 is 21.9. The van der Waals surface area contributed by atoms with Crippen molar-refractivity contribution in [3.05, 3.63) is 23.2 Å². The number of anilines is 1. The molecule has 5 N–H and O–H groups in total. The number of nitrogens with two attached hydrogens (primary N) is 2. The van der Waals surface area contributed by atoms with Gasteiger partial charge in [0, 0.05) is 0 Å². The Hall–Kier alpha value is -1.31. The van der Waals surface area contributed by atoms with Crippen molar-refractivity contribution in [1.82, 2.24) is 0 Å². The Balaban J connectivity index is 3.15. The monoisotopic (exact) mass is 249 g/mol. The molecule has 1 aromatic rings. The van der Waals surface area contributed by atoms with Crippen LogP contribution in [0.5, 0.6) is 0 Å². The molecule has 0 radical (unpaired) electrons. The van der Waals surface area contributed by atoms with Crippen molar-refractivity contribution in [2.75, 3.05) is 5.32 Å². The second-order valence-corrected chi connectivity index (χ2v) is 4.64. The second-order valence-electron chi connectivity index (χ2n) is 2.68. The van der Waals surface area contributed by atoms with Crippen LogP contribution in [0.2, 0.25) is 5.02 Å². The van der Waals surface area contributed by atoms with E-state index >= 15 is 0 Å². The quantitative estimate of drug-likeness (QED) is 0.708. The second kappa shape index (κ2) is 4.05. The smallest absolute Gasteiger partial charge is 0.316 e. The Bertz CT molecular complexity index is 500. The van der Waals surface area contributed by atoms with E-state index in [-0.39, 0.29) is 15.6 Å². The van der Waals surface area contributed by atoms with E-state index in [1.165, 1.54) is 12.1 Å². The molecule has 0 spiro atoms. The summed E-state index contributed by atoms with van der Waals surface area (Å²) in [5.41, 5.74) is 5.08. The molecule has 0 atom stereocenters. The standard InChI is InChI=1S/C7H8ClN3O3S/c8-5-3-4(15(10,13)14)1-2-6(5)11-7(9)12/h1-3H,(H3,9,11,12)(H2,10,13,14). The number of amides is 2. The number of primary sulfonamides is 1. The average molecular weight is 250 g/mol. The van der Waals surface area contributed by atoms with Gasteiger partial charge in [0.25, 0.3) is 0 Å². The lowest BCUT2D eigenvalue weighted by atomic mass is 10.3. The van der Waals surface area contributed by atoms with Gasteiger partial charge in [-0.1, -0.05) is 11.6 Å². The maximum atomic E-state index is 10.9. The normalized spacial score (nSPS) is 11.1. The summed E-state index contributed by atoms with van der Waals surface area (Å²) >= 11 is 5.69. The maximum Gasteiger partial charge on any atom is 0.316 e. The van der Waals surface area contributed by atoms with Crippen molar-refractivity contribution in [2.45, 2.75) is 4.90 Å². The first-order chi connectivity index (χ1) is 6.80. The molecular weight excluding hydrogens is 242 g/mol. The Morgan fingerprint density at radius 2 is 2.00 bits per heavy atom. The third-order valence-corrected chi connectivity index (χ3v) is 2.75. The van der Waals surface area contributed by atoms with Gasteiger partial charge in [-0.05, 0) is 18.2 Å². The van der Waals surface area contributed by atoms with Gasteiger partial charge in [-0.2, -0.15) is 0 Å². The summed E-state index contributed by atoms with van der Waals surface area (Å²) in [6.45, 7) is 0. The lowest BCUT2D eigenvalue weighted by Crippen LogP contribution is -2.19. The lowest BCUT2D eigenvalue weighted by Gasteiger charge is -2.05. The number of halogens is 1. The van der Waals surface area contributed by atoms with E-state index in [0.717, 1.165) is 6.07 Å². The SMILES string of the molecule is NC(=O)Nc1ccc(S(N)(=O)=O)cc1Cl. The van der Waals surface area contributed by atoms with Crippen LogP contribution in [-0.4, -0.2) is 14.4 Å². The Labute approximate surface area is 91.3 Å². The topological polar surface area (TPSA) is 115 Å². The van der Waals surface area contributed by atoms with Crippen LogP contribution >= 0.6 is 11.6 Å². The highest BCUT2D eigenvalue weighted by atomic mass is 35.5. The molecule has 1 rings (SSSR count). The Morgan fingerprint density at radius 1 is 1.40 bits per heavy atom. The molecule has 0 saturated carbocycles. The summed E-state index contributed by atoms with van der Waals surface area (Å²) in [6, 6.07) is 2.85. The number of primary amides is 1. The van der Waals surface area contributed by atoms with Crippen LogP contribution in [-0.2, 0) is 10.0 Å². The highest BCUT2D eigenvalue weighted by Gasteiger charge is 2.10. The predicted octanol–water partition coefficient (Wildman–Crippen LogP) is 0.478. The van der Waals surface area contributed by atoms with Crippen molar-refractivity contribution in [3.63, 3.8) is 0 Å². The van der Waals surface area contributed by atoms with Crippen LogP contribution in [0.3, 0.4) is 0 Å². The molecule has 2 amide bonds. The number of benzene rings is 1. The van der Waals surface area contributed by atoms with Gasteiger partial charge in [-0.25, -0.2) is 18.4 Å². The van der Waals surface area contributed by atoms with Crippen molar-refractivity contribution in [2.24, 2.45) is 10.9 Å². The fourth-order valence-electron chi connectivity index (χ4n) is 0.907. The molecule has 0 aliphatic rings. The molecule has 0 saturated heterocycles. The highest BCUT2D eigenvalue weighted by molar-refractivity contribution is 7.89. The molecule has 6 nitrogen and oxygen atoms in total. The van der Waals surface area contributed by atoms with Crippen molar-refractivity contribution in [3.8, 4) is 0 Å². The van der Waals surface area contributed by atoms with Crippen molar-refractivity contribution >= 4 is 33.3 Å². The summed E-state index contributed by atoms with van der Waals surface area (Å²) in [6.07, 6.45) is 0. The van der Waals surface area contributed by atoms with Crippen molar-refractivity contribution in [1.29, 1.82) is 0 Å². The number of hydrogen-bond acceptors (Lipinski definition) is 3. The maximum absolute atomic E-state index is 10.9. The largest absolute Gasteiger partial charge is 0.351 e. The Kier molecular flexibility index (Phi) is 3.18. The third kappa shape index (κ3) is 3.08. The first kappa shape index (κ1) is 11.8. The average Bonchev–Trinajstić information content (AvgIpc) is 2.05. The van der Waals surface area contributed by atoms with E-state index < -0.39 is 16.1 Å². The molecule has 0 unspecified atom stereocenters. The molecule has 1 aromatic carbocycles. The van der Waals surface area contributed by atoms with Gasteiger partial charge < -0.3 is 11.1 Å². The molecule has 0 aromatic heterocycles. The number of carbonyl (C=O) groups excluding carboxylic acids is 1. The third-order valence-electron chi connectivity index (χ3n) is 1.53. The van der Waals surface area contributed by atoms with E-state index in [1.54, 1.807) is 0 Å². The molecule has 82 valence electrons. The molecule has 0 aliphatic carbocycles. The molecule has 0 aliphatic heterocycles. The van der Waals surface area contributed by atoms with Crippen LogP contribution in [0.4, 0.5) is 10.5 Å². The number of hydrogen-bond donors (Lipinski definition) is 3. The van der Waals surface area contributed by atoms with Crippen LogP contribution in [0.1, 0.15) is 0 Å². The molecule has 0 fully saturated rings. The zero-order valence-corrected chi connectivity index (χ0v) is 8.97. The van der Waals surface area contributed by atoms with E-state index in [2.05, 4.69) is 5.32 Å². The van der Waals surface area contributed by atoms with Crippen LogP contribution in [0.25, 0.3) is 0 Å². The predicted molar refractivity (Wildman–Crippen MR) is 56.0 cm³/mol. The van der Waals surface area contributed by atoms with E-state index in [1.807, 2.05) is 0 Å². The number of urea groups is 1. The minimum atomic E-state index is -3.80. The van der Waals surface area contributed by atoms with Gasteiger partial charge in [0.15, 0.2) is 0 Å².